The Bertz CT molecular complexity index is 1960. The molecule has 2 aromatic heterocycles. The fourth-order valence-corrected chi connectivity index (χ4v) is 10.2. The molecule has 372 valence electrons. The molecule has 1 aliphatic rings. The van der Waals surface area contributed by atoms with Crippen LogP contribution in [0.15, 0.2) is 12.7 Å². The Morgan fingerprint density at radius 2 is 1.52 bits per heavy atom. The zero-order valence-corrected chi connectivity index (χ0v) is 40.5. The lowest BCUT2D eigenvalue weighted by molar-refractivity contribution is -0.137. The second kappa shape index (κ2) is 27.5. The molecule has 1 aliphatic heterocycles. The van der Waals surface area contributed by atoms with Gasteiger partial charge in [-0.2, -0.15) is 4.31 Å². The Morgan fingerprint density at radius 1 is 0.923 bits per heavy atom. The molecule has 0 saturated carbocycles. The highest BCUT2D eigenvalue weighted by Crippen LogP contribution is 2.61. The van der Waals surface area contributed by atoms with E-state index in [9.17, 15) is 57.9 Å². The van der Waals surface area contributed by atoms with Crippen LogP contribution in [0.5, 0.6) is 0 Å². The number of aromatic nitrogens is 4. The number of aliphatic hydroxyl groups excluding tert-OH is 2. The van der Waals surface area contributed by atoms with Crippen molar-refractivity contribution < 1.29 is 80.5 Å². The van der Waals surface area contributed by atoms with Gasteiger partial charge in [-0.1, -0.05) is 110 Å². The van der Waals surface area contributed by atoms with Crippen LogP contribution in [0.25, 0.3) is 11.2 Å². The summed E-state index contributed by atoms with van der Waals surface area (Å²) < 4.78 is 62.4. The third-order valence-electron chi connectivity index (χ3n) is 10.2. The van der Waals surface area contributed by atoms with Crippen molar-refractivity contribution in [3.8, 4) is 0 Å². The number of ether oxygens (including phenoxy) is 1. The molecule has 2 amide bonds. The number of imidazole rings is 1. The highest BCUT2D eigenvalue weighted by atomic mass is 32.2. The number of phosphoric acid groups is 3. The largest absolute Gasteiger partial charge is 0.481 e. The number of phosphoric ester groups is 3. The van der Waals surface area contributed by atoms with Crippen molar-refractivity contribution in [3.63, 3.8) is 0 Å². The summed E-state index contributed by atoms with van der Waals surface area (Å²) in [6.45, 7) is 2.81. The zero-order valence-electron chi connectivity index (χ0n) is 37.0. The molecule has 7 atom stereocenters. The van der Waals surface area contributed by atoms with Crippen LogP contribution in [0.2, 0.25) is 0 Å². The number of amides is 2. The van der Waals surface area contributed by atoms with Crippen molar-refractivity contribution in [2.24, 2.45) is 5.41 Å². The molecule has 65 heavy (non-hydrogen) atoms. The monoisotopic (exact) mass is 1010 g/mol. The number of anilines is 1. The normalized spacial score (nSPS) is 20.3. The molecule has 10 N–H and O–H groups in total. The van der Waals surface area contributed by atoms with Gasteiger partial charge < -0.3 is 50.9 Å². The lowest BCUT2D eigenvalue weighted by Crippen LogP contribution is -2.46. The van der Waals surface area contributed by atoms with Crippen LogP contribution in [0.3, 0.4) is 0 Å². The van der Waals surface area contributed by atoms with Gasteiger partial charge in [0.15, 0.2) is 22.8 Å². The molecule has 28 heteroatoms. The molecule has 24 nitrogen and oxygen atoms in total. The number of unbranched alkanes of at least 4 members (excludes halogenated alkanes) is 12. The highest BCUT2D eigenvalue weighted by molar-refractivity contribution is 8.13. The minimum Gasteiger partial charge on any atom is -0.386 e. The molecular formula is C37H66N7O17P3S. The number of nitrogens with two attached hydrogens (primary N) is 1. The topological polar surface area (TPSA) is 364 Å². The number of thioether (sulfide) groups is 1. The van der Waals surface area contributed by atoms with E-state index in [0.29, 0.717) is 12.2 Å². The predicted molar refractivity (Wildman–Crippen MR) is 237 cm³/mol. The van der Waals surface area contributed by atoms with Crippen molar-refractivity contribution in [3.05, 3.63) is 12.7 Å². The number of hydrogen-bond acceptors (Lipinski definition) is 18. The summed E-state index contributed by atoms with van der Waals surface area (Å²) in [5.74, 6) is -1.02. The van der Waals surface area contributed by atoms with Crippen LogP contribution in [0.4, 0.5) is 5.82 Å². The van der Waals surface area contributed by atoms with Gasteiger partial charge in [0, 0.05) is 37.1 Å². The van der Waals surface area contributed by atoms with Gasteiger partial charge in [-0.05, 0) is 6.42 Å². The van der Waals surface area contributed by atoms with E-state index in [1.807, 2.05) is 0 Å². The van der Waals surface area contributed by atoms with E-state index in [-0.39, 0.29) is 41.6 Å². The number of nitrogens with one attached hydrogen (secondary N) is 2. The maximum Gasteiger partial charge on any atom is 0.481 e. The molecule has 7 unspecified atom stereocenters. The minimum atomic E-state index is -5.57. The van der Waals surface area contributed by atoms with Crippen LogP contribution in [-0.2, 0) is 50.7 Å². The average Bonchev–Trinajstić information content (AvgIpc) is 3.79. The molecule has 1 saturated heterocycles. The van der Waals surface area contributed by atoms with Crippen molar-refractivity contribution >= 4 is 69.1 Å². The maximum atomic E-state index is 12.7. The Kier molecular flexibility index (Phi) is 24.1. The minimum absolute atomic E-state index is 0.0338. The van der Waals surface area contributed by atoms with Crippen LogP contribution >= 0.6 is 35.2 Å². The molecule has 0 aromatic carbocycles. The first kappa shape index (κ1) is 56.9. The van der Waals surface area contributed by atoms with E-state index in [2.05, 4.69) is 41.3 Å². The van der Waals surface area contributed by atoms with Crippen LogP contribution in [0.1, 0.15) is 123 Å². The third-order valence-corrected chi connectivity index (χ3v) is 14.3. The average molecular weight is 1010 g/mol. The first-order valence-corrected chi connectivity index (χ1v) is 27.1. The van der Waals surface area contributed by atoms with E-state index < -0.39 is 84.6 Å². The van der Waals surface area contributed by atoms with Crippen molar-refractivity contribution in [2.45, 2.75) is 148 Å². The Morgan fingerprint density at radius 3 is 2.14 bits per heavy atom. The van der Waals surface area contributed by atoms with Gasteiger partial charge in [-0.15, -0.1) is 0 Å². The highest BCUT2D eigenvalue weighted by Gasteiger charge is 2.50. The van der Waals surface area contributed by atoms with Gasteiger partial charge in [0.05, 0.1) is 19.5 Å². The quantitative estimate of drug-likeness (QED) is 0.0358. The van der Waals surface area contributed by atoms with E-state index in [1.54, 1.807) is 0 Å². The molecule has 3 heterocycles. The van der Waals surface area contributed by atoms with Gasteiger partial charge in [-0.3, -0.25) is 32.5 Å². The van der Waals surface area contributed by atoms with Crippen molar-refractivity contribution in [2.75, 3.05) is 37.8 Å². The molecule has 3 rings (SSSR count). The smallest absolute Gasteiger partial charge is 0.386 e. The lowest BCUT2D eigenvalue weighted by atomic mass is 9.87. The number of carbonyl (C=O) groups excluding carboxylic acids is 3. The number of fused-ring (bicyclic) bond motifs is 1. The number of rotatable bonds is 33. The fourth-order valence-electron chi connectivity index (χ4n) is 6.65. The van der Waals surface area contributed by atoms with Gasteiger partial charge in [-0.25, -0.2) is 28.6 Å². The molecule has 1 fully saturated rings. The molecule has 0 radical (unpaired) electrons. The number of nitrogens with zero attached hydrogens (tertiary/aromatic N) is 4. The summed E-state index contributed by atoms with van der Waals surface area (Å²) in [5, 5.41) is 26.6. The second-order valence-corrected chi connectivity index (χ2v) is 21.7. The van der Waals surface area contributed by atoms with Crippen molar-refractivity contribution in [1.29, 1.82) is 0 Å². The number of aliphatic hydroxyl groups is 2. The van der Waals surface area contributed by atoms with Crippen molar-refractivity contribution in [1.82, 2.24) is 30.2 Å². The predicted octanol–water partition coefficient (Wildman–Crippen LogP) is 4.15. The zero-order chi connectivity index (χ0) is 48.3. The number of carbonyl (C=O) groups is 3. The Balaban J connectivity index is 1.32. The van der Waals surface area contributed by atoms with E-state index in [4.69, 9.17) is 19.5 Å². The Hall–Kier alpha value is -2.44. The fraction of sp³-hybridized carbons (Fsp3) is 0.784. The number of nitrogen functional groups attached to an aromatic ring is 1. The van der Waals surface area contributed by atoms with Gasteiger partial charge in [0.2, 0.25) is 11.8 Å². The molecule has 2 aromatic rings. The van der Waals surface area contributed by atoms with Gasteiger partial charge in [0.1, 0.15) is 36.3 Å². The van der Waals surface area contributed by atoms with Crippen LogP contribution in [0, 0.1) is 5.41 Å². The molecule has 0 spiro atoms. The SMILES string of the molecule is CCCCCCCCCCCCCCC[14C](=O)SCCNC(=O)CCNC(=O)C(O)C(C)(C)COP(=O)(O)OP(=O)(O)OCC1OC(n2cnc3c(N)ncnc32)C(O)C1OP(=O)(O)O. The van der Waals surface area contributed by atoms with Gasteiger partial charge in [0.25, 0.3) is 0 Å². The van der Waals surface area contributed by atoms with E-state index in [0.717, 1.165) is 48.2 Å². The maximum absolute atomic E-state index is 12.7. The summed E-state index contributed by atoms with van der Waals surface area (Å²) in [6, 6.07) is 0. The second-order valence-electron chi connectivity index (χ2n) is 16.3. The number of hydrogen-bond donors (Lipinski definition) is 9. The molecular weight excluding hydrogens is 941 g/mol. The lowest BCUT2D eigenvalue weighted by Gasteiger charge is -2.30. The van der Waals surface area contributed by atoms with Crippen LogP contribution < -0.4 is 16.4 Å². The molecule has 0 aliphatic carbocycles. The summed E-state index contributed by atoms with van der Waals surface area (Å²) in [5.41, 5.74) is 4.29. The first-order valence-electron chi connectivity index (χ1n) is 21.6. The third kappa shape index (κ3) is 20.8. The summed E-state index contributed by atoms with van der Waals surface area (Å²) in [6.07, 6.45) is 9.53. The van der Waals surface area contributed by atoms with E-state index >= 15 is 0 Å². The summed E-state index contributed by atoms with van der Waals surface area (Å²) in [4.78, 5) is 88.3. The van der Waals surface area contributed by atoms with Gasteiger partial charge >= 0.3 is 23.5 Å². The first-order chi connectivity index (χ1) is 30.6. The van der Waals surface area contributed by atoms with Crippen LogP contribution in [-0.4, -0.2) is 123 Å². The molecule has 0 bridgehead atoms. The standard InChI is InChI=1S/C37H66N7O17P3S/c1-4-5-6-7-8-9-10-11-12-13-14-15-16-17-28(46)65-21-20-39-27(45)18-19-40-35(49)32(48)37(2,3)23-58-64(55,56)61-63(53,54)57-22-26-31(60-62(50,51)52)30(47)36(59-26)44-25-43-29-33(38)41-24-42-34(29)44/h24-26,30-32,36,47-48H,4-23H2,1-3H3,(H,39,45)(H,40,49)(H,53,54)(H,55,56)(H2,38,41,42)(H2,50,51,52)/i28+2. The van der Waals surface area contributed by atoms with E-state index in [1.165, 1.54) is 78.1 Å². The Labute approximate surface area is 382 Å². The summed E-state index contributed by atoms with van der Waals surface area (Å²) >= 11 is 1.15. The summed E-state index contributed by atoms with van der Waals surface area (Å²) in [7, 11) is -16.4.